The SMILES string of the molecule is CN1C2=C(C=NC1Cl)C(C)(C)CCN2c1ccc(F)cc1. The molecule has 0 saturated carbocycles. The molecule has 2 aliphatic heterocycles. The van der Waals surface area contributed by atoms with Crippen LogP contribution in [-0.4, -0.2) is 30.3 Å². The first-order valence-corrected chi connectivity index (χ1v) is 7.52. The molecule has 3 nitrogen and oxygen atoms in total. The molecule has 0 amide bonds. The van der Waals surface area contributed by atoms with E-state index >= 15 is 0 Å². The number of anilines is 1. The summed E-state index contributed by atoms with van der Waals surface area (Å²) < 4.78 is 13.2. The van der Waals surface area contributed by atoms with Crippen LogP contribution in [0.1, 0.15) is 20.3 Å². The average molecular weight is 308 g/mol. The summed E-state index contributed by atoms with van der Waals surface area (Å²) in [4.78, 5) is 8.52. The average Bonchev–Trinajstić information content (AvgIpc) is 2.44. The van der Waals surface area contributed by atoms with E-state index in [-0.39, 0.29) is 11.2 Å². The van der Waals surface area contributed by atoms with Crippen LogP contribution in [0.3, 0.4) is 0 Å². The highest BCUT2D eigenvalue weighted by Crippen LogP contribution is 2.42. The second-order valence-electron chi connectivity index (χ2n) is 6.20. The number of hydrogen-bond donors (Lipinski definition) is 0. The maximum Gasteiger partial charge on any atom is 0.198 e. The second-order valence-corrected chi connectivity index (χ2v) is 6.59. The first-order valence-electron chi connectivity index (χ1n) is 7.08. The lowest BCUT2D eigenvalue weighted by molar-refractivity contribution is 0.312. The summed E-state index contributed by atoms with van der Waals surface area (Å²) in [5, 5.41) is 0. The second kappa shape index (κ2) is 5.02. The van der Waals surface area contributed by atoms with Gasteiger partial charge < -0.3 is 9.80 Å². The van der Waals surface area contributed by atoms with Gasteiger partial charge in [0.1, 0.15) is 11.6 Å². The minimum atomic E-state index is -0.402. The molecule has 0 N–H and O–H groups in total. The van der Waals surface area contributed by atoms with E-state index in [9.17, 15) is 4.39 Å². The van der Waals surface area contributed by atoms with Crippen LogP contribution in [0.25, 0.3) is 0 Å². The molecular weight excluding hydrogens is 289 g/mol. The summed E-state index contributed by atoms with van der Waals surface area (Å²) in [5.74, 6) is 0.840. The Morgan fingerprint density at radius 2 is 1.95 bits per heavy atom. The number of halogens is 2. The Labute approximate surface area is 129 Å². The minimum absolute atomic E-state index is 0.0562. The van der Waals surface area contributed by atoms with Crippen molar-refractivity contribution in [1.29, 1.82) is 0 Å². The predicted octanol–water partition coefficient (Wildman–Crippen LogP) is 3.81. The quantitative estimate of drug-likeness (QED) is 0.580. The fourth-order valence-corrected chi connectivity index (χ4v) is 3.05. The van der Waals surface area contributed by atoms with Crippen molar-refractivity contribution >= 4 is 23.5 Å². The molecule has 5 heteroatoms. The lowest BCUT2D eigenvalue weighted by Crippen LogP contribution is -2.47. The molecular formula is C16H19ClFN3. The molecule has 3 rings (SSSR count). The van der Waals surface area contributed by atoms with Gasteiger partial charge in [0.25, 0.3) is 0 Å². The Hall–Kier alpha value is -1.55. The number of allylic oxidation sites excluding steroid dienone is 1. The summed E-state index contributed by atoms with van der Waals surface area (Å²) in [6.07, 6.45) is 2.90. The summed E-state index contributed by atoms with van der Waals surface area (Å²) in [5.41, 5.74) is 1.81. The number of alkyl halides is 1. The van der Waals surface area contributed by atoms with Gasteiger partial charge in [-0.1, -0.05) is 25.4 Å². The normalized spacial score (nSPS) is 24.3. The van der Waals surface area contributed by atoms with Crippen molar-refractivity contribution in [1.82, 2.24) is 4.90 Å². The highest BCUT2D eigenvalue weighted by atomic mass is 35.5. The van der Waals surface area contributed by atoms with E-state index in [1.54, 1.807) is 12.1 Å². The lowest BCUT2D eigenvalue weighted by atomic mass is 9.78. The predicted molar refractivity (Wildman–Crippen MR) is 85.1 cm³/mol. The zero-order valence-corrected chi connectivity index (χ0v) is 13.2. The molecule has 0 fully saturated rings. The molecule has 1 atom stereocenters. The van der Waals surface area contributed by atoms with Crippen molar-refractivity contribution < 1.29 is 4.39 Å². The number of rotatable bonds is 1. The smallest absolute Gasteiger partial charge is 0.198 e. The van der Waals surface area contributed by atoms with Gasteiger partial charge in [-0.05, 0) is 36.1 Å². The van der Waals surface area contributed by atoms with Gasteiger partial charge in [0.2, 0.25) is 0 Å². The molecule has 1 aromatic rings. The maximum atomic E-state index is 13.2. The van der Waals surface area contributed by atoms with Crippen molar-refractivity contribution in [3.05, 3.63) is 41.5 Å². The summed E-state index contributed by atoms with van der Waals surface area (Å²) in [6.45, 7) is 5.32. The Morgan fingerprint density at radius 1 is 1.29 bits per heavy atom. The van der Waals surface area contributed by atoms with Gasteiger partial charge in [0.15, 0.2) is 5.62 Å². The molecule has 0 aromatic heterocycles. The standard InChI is InChI=1S/C16H19ClFN3/c1-16(2)8-9-21(12-6-4-11(18)5-7-12)14-13(16)10-19-15(17)20(14)3/h4-7,10,15H,8-9H2,1-3H3. The van der Waals surface area contributed by atoms with Gasteiger partial charge in [-0.3, -0.25) is 4.99 Å². The monoisotopic (exact) mass is 307 g/mol. The Balaban J connectivity index is 2.10. The van der Waals surface area contributed by atoms with Crippen LogP contribution >= 0.6 is 11.6 Å². The number of aliphatic imine (C=N–C) groups is 1. The van der Waals surface area contributed by atoms with Crippen LogP contribution in [0.4, 0.5) is 10.1 Å². The molecule has 21 heavy (non-hydrogen) atoms. The molecule has 112 valence electrons. The third kappa shape index (κ3) is 2.42. The van der Waals surface area contributed by atoms with Gasteiger partial charge in [-0.15, -0.1) is 0 Å². The van der Waals surface area contributed by atoms with E-state index in [2.05, 4.69) is 23.7 Å². The van der Waals surface area contributed by atoms with E-state index in [0.717, 1.165) is 24.5 Å². The van der Waals surface area contributed by atoms with Gasteiger partial charge in [0, 0.05) is 31.1 Å². The lowest BCUT2D eigenvalue weighted by Gasteiger charge is -2.46. The largest absolute Gasteiger partial charge is 0.328 e. The molecule has 2 aliphatic rings. The Kier molecular flexibility index (Phi) is 3.44. The molecule has 0 spiro atoms. The minimum Gasteiger partial charge on any atom is -0.328 e. The Morgan fingerprint density at radius 3 is 2.62 bits per heavy atom. The fourth-order valence-electron chi connectivity index (χ4n) is 2.90. The zero-order chi connectivity index (χ0) is 15.2. The highest BCUT2D eigenvalue weighted by molar-refractivity contribution is 6.21. The molecule has 0 bridgehead atoms. The van der Waals surface area contributed by atoms with Crippen molar-refractivity contribution in [2.24, 2.45) is 10.4 Å². The highest BCUT2D eigenvalue weighted by Gasteiger charge is 2.38. The summed E-state index contributed by atoms with van der Waals surface area (Å²) in [7, 11) is 1.95. The molecule has 0 saturated heterocycles. The van der Waals surface area contributed by atoms with Crippen LogP contribution in [-0.2, 0) is 0 Å². The number of nitrogens with zero attached hydrogens (tertiary/aromatic N) is 3. The third-order valence-corrected chi connectivity index (χ3v) is 4.71. The Bertz CT molecular complexity index is 606. The van der Waals surface area contributed by atoms with Crippen LogP contribution in [0.5, 0.6) is 0 Å². The van der Waals surface area contributed by atoms with Crippen molar-refractivity contribution in [3.8, 4) is 0 Å². The van der Waals surface area contributed by atoms with Crippen LogP contribution in [0.15, 0.2) is 40.7 Å². The first kappa shape index (κ1) is 14.4. The van der Waals surface area contributed by atoms with Crippen LogP contribution < -0.4 is 4.90 Å². The van der Waals surface area contributed by atoms with Crippen molar-refractivity contribution in [2.45, 2.75) is 25.9 Å². The molecule has 0 aliphatic carbocycles. The van der Waals surface area contributed by atoms with Crippen LogP contribution in [0.2, 0.25) is 0 Å². The third-order valence-electron chi connectivity index (χ3n) is 4.30. The van der Waals surface area contributed by atoms with E-state index in [1.165, 1.54) is 17.7 Å². The topological polar surface area (TPSA) is 18.8 Å². The van der Waals surface area contributed by atoms with Crippen LogP contribution in [0, 0.1) is 11.2 Å². The van der Waals surface area contributed by atoms with E-state index in [1.807, 2.05) is 18.2 Å². The maximum absolute atomic E-state index is 13.2. The summed E-state index contributed by atoms with van der Waals surface area (Å²) >= 11 is 6.27. The van der Waals surface area contributed by atoms with Crippen molar-refractivity contribution in [2.75, 3.05) is 18.5 Å². The van der Waals surface area contributed by atoms with Crippen molar-refractivity contribution in [3.63, 3.8) is 0 Å². The summed E-state index contributed by atoms with van der Waals surface area (Å²) in [6, 6.07) is 6.59. The zero-order valence-electron chi connectivity index (χ0n) is 12.5. The van der Waals surface area contributed by atoms with Gasteiger partial charge in [-0.25, -0.2) is 4.39 Å². The van der Waals surface area contributed by atoms with E-state index in [4.69, 9.17) is 11.6 Å². The fraction of sp³-hybridized carbons (Fsp3) is 0.438. The van der Waals surface area contributed by atoms with Gasteiger partial charge in [-0.2, -0.15) is 0 Å². The molecule has 2 heterocycles. The van der Waals surface area contributed by atoms with Gasteiger partial charge in [0.05, 0.1) is 0 Å². The number of benzene rings is 1. The first-order chi connectivity index (χ1) is 9.90. The van der Waals surface area contributed by atoms with E-state index in [0.29, 0.717) is 0 Å². The molecule has 1 aromatic carbocycles. The van der Waals surface area contributed by atoms with E-state index < -0.39 is 5.62 Å². The number of hydrogen-bond acceptors (Lipinski definition) is 3. The molecule has 1 unspecified atom stereocenters. The van der Waals surface area contributed by atoms with Gasteiger partial charge >= 0.3 is 0 Å². The molecule has 0 radical (unpaired) electrons.